The highest BCUT2D eigenvalue weighted by Crippen LogP contribution is 2.19. The fourth-order valence-electron chi connectivity index (χ4n) is 1.95. The smallest absolute Gasteiger partial charge is 0.318 e. The maximum atomic E-state index is 11.8. The van der Waals surface area contributed by atoms with Gasteiger partial charge >= 0.3 is 11.8 Å². The number of amides is 2. The molecule has 0 unspecified atom stereocenters. The van der Waals surface area contributed by atoms with E-state index >= 15 is 0 Å². The summed E-state index contributed by atoms with van der Waals surface area (Å²) in [4.78, 5) is 23.4. The molecule has 2 amide bonds. The van der Waals surface area contributed by atoms with Gasteiger partial charge in [-0.3, -0.25) is 9.59 Å². The van der Waals surface area contributed by atoms with Crippen LogP contribution < -0.4 is 10.7 Å². The molecule has 0 fully saturated rings. The van der Waals surface area contributed by atoms with Gasteiger partial charge in [-0.05, 0) is 43.0 Å². The summed E-state index contributed by atoms with van der Waals surface area (Å²) < 4.78 is 0. The Balaban J connectivity index is 1.76. The molecule has 0 spiro atoms. The van der Waals surface area contributed by atoms with E-state index in [1.54, 1.807) is 24.4 Å². The molecule has 0 aromatic heterocycles. The van der Waals surface area contributed by atoms with Crippen LogP contribution in [0.25, 0.3) is 0 Å². The molecule has 0 heterocycles. The third kappa shape index (κ3) is 5.52. The monoisotopic (exact) mass is 343 g/mol. The van der Waals surface area contributed by atoms with E-state index < -0.39 is 11.8 Å². The van der Waals surface area contributed by atoms with Gasteiger partial charge in [-0.1, -0.05) is 48.0 Å². The number of halogens is 1. The number of aryl methyl sites for hydroxylation is 2. The molecule has 5 nitrogen and oxygen atoms in total. The molecule has 0 aliphatic carbocycles. The Morgan fingerprint density at radius 3 is 2.58 bits per heavy atom. The first-order valence-corrected chi connectivity index (χ1v) is 7.87. The minimum Gasteiger partial charge on any atom is -0.318 e. The maximum Gasteiger partial charge on any atom is 0.329 e. The van der Waals surface area contributed by atoms with Gasteiger partial charge in [0.1, 0.15) is 0 Å². The van der Waals surface area contributed by atoms with Crippen LogP contribution in [-0.4, -0.2) is 18.0 Å². The number of anilines is 1. The van der Waals surface area contributed by atoms with Crippen LogP contribution in [0.15, 0.2) is 53.6 Å². The number of rotatable bonds is 5. The van der Waals surface area contributed by atoms with E-state index in [4.69, 9.17) is 11.6 Å². The van der Waals surface area contributed by atoms with E-state index in [9.17, 15) is 9.59 Å². The maximum absolute atomic E-state index is 11.8. The first-order valence-electron chi connectivity index (χ1n) is 7.49. The van der Waals surface area contributed by atoms with Crippen LogP contribution in [0.4, 0.5) is 5.69 Å². The lowest BCUT2D eigenvalue weighted by atomic mass is 10.1. The quantitative estimate of drug-likeness (QED) is 0.496. The summed E-state index contributed by atoms with van der Waals surface area (Å²) in [6.07, 6.45) is 3.05. The minimum atomic E-state index is -0.831. The average molecular weight is 344 g/mol. The Hall–Kier alpha value is -2.66. The number of benzene rings is 2. The van der Waals surface area contributed by atoms with Crippen LogP contribution in [0.5, 0.6) is 0 Å². The van der Waals surface area contributed by atoms with Crippen molar-refractivity contribution in [2.24, 2.45) is 5.10 Å². The van der Waals surface area contributed by atoms with Crippen LogP contribution >= 0.6 is 11.6 Å². The van der Waals surface area contributed by atoms with Crippen molar-refractivity contribution in [2.45, 2.75) is 19.8 Å². The first kappa shape index (κ1) is 17.7. The van der Waals surface area contributed by atoms with Crippen molar-refractivity contribution in [2.75, 3.05) is 5.32 Å². The van der Waals surface area contributed by atoms with E-state index in [0.717, 1.165) is 12.0 Å². The van der Waals surface area contributed by atoms with E-state index in [0.29, 0.717) is 17.1 Å². The predicted molar refractivity (Wildman–Crippen MR) is 96.2 cm³/mol. The topological polar surface area (TPSA) is 70.6 Å². The van der Waals surface area contributed by atoms with Crippen molar-refractivity contribution in [3.8, 4) is 0 Å². The Morgan fingerprint density at radius 1 is 1.12 bits per heavy atom. The van der Waals surface area contributed by atoms with E-state index in [-0.39, 0.29) is 0 Å². The molecule has 6 heteroatoms. The standard InChI is InChI=1S/C18H18ClN3O2/c1-13-9-10-15(12-16(13)19)21-17(23)18(24)22-20-11-5-8-14-6-3-2-4-7-14/h2-4,6-7,9-12H,5,8H2,1H3,(H,21,23)(H,22,24). The molecule has 2 aromatic rings. The summed E-state index contributed by atoms with van der Waals surface area (Å²) in [5, 5.41) is 6.76. The van der Waals surface area contributed by atoms with Gasteiger partial charge in [0.2, 0.25) is 0 Å². The van der Waals surface area contributed by atoms with Crippen LogP contribution in [-0.2, 0) is 16.0 Å². The number of hydrogen-bond donors (Lipinski definition) is 2. The lowest BCUT2D eigenvalue weighted by Crippen LogP contribution is -2.32. The normalized spacial score (nSPS) is 10.6. The number of nitrogens with one attached hydrogen (secondary N) is 2. The van der Waals surface area contributed by atoms with Crippen LogP contribution in [0.2, 0.25) is 5.02 Å². The number of hydrogen-bond acceptors (Lipinski definition) is 3. The van der Waals surface area contributed by atoms with E-state index in [1.165, 1.54) is 5.56 Å². The van der Waals surface area contributed by atoms with Crippen molar-refractivity contribution in [1.82, 2.24) is 5.43 Å². The van der Waals surface area contributed by atoms with Crippen molar-refractivity contribution < 1.29 is 9.59 Å². The second kappa shape index (κ2) is 8.84. The molecule has 0 saturated heterocycles. The van der Waals surface area contributed by atoms with E-state index in [1.807, 2.05) is 37.3 Å². The van der Waals surface area contributed by atoms with Crippen molar-refractivity contribution in [3.05, 3.63) is 64.7 Å². The second-order valence-corrected chi connectivity index (χ2v) is 5.60. The lowest BCUT2D eigenvalue weighted by molar-refractivity contribution is -0.136. The number of hydrazone groups is 1. The second-order valence-electron chi connectivity index (χ2n) is 5.19. The molecular formula is C18H18ClN3O2. The molecule has 0 aliphatic rings. The first-order chi connectivity index (χ1) is 11.6. The Labute approximate surface area is 145 Å². The van der Waals surface area contributed by atoms with Crippen LogP contribution in [0.3, 0.4) is 0 Å². The van der Waals surface area contributed by atoms with Crippen molar-refractivity contribution >= 4 is 35.3 Å². The molecule has 2 N–H and O–H groups in total. The molecule has 0 aliphatic heterocycles. The fraction of sp³-hybridized carbons (Fsp3) is 0.167. The summed E-state index contributed by atoms with van der Waals surface area (Å²) in [6.45, 7) is 1.85. The van der Waals surface area contributed by atoms with Gasteiger partial charge in [-0.25, -0.2) is 5.43 Å². The zero-order valence-corrected chi connectivity index (χ0v) is 14.0. The Bertz CT molecular complexity index is 745. The molecule has 124 valence electrons. The van der Waals surface area contributed by atoms with Crippen molar-refractivity contribution in [3.63, 3.8) is 0 Å². The highest BCUT2D eigenvalue weighted by Gasteiger charge is 2.13. The van der Waals surface area contributed by atoms with Gasteiger partial charge in [0.15, 0.2) is 0 Å². The zero-order chi connectivity index (χ0) is 17.4. The van der Waals surface area contributed by atoms with Gasteiger partial charge in [-0.15, -0.1) is 0 Å². The molecule has 2 aromatic carbocycles. The van der Waals surface area contributed by atoms with Gasteiger partial charge in [-0.2, -0.15) is 5.10 Å². The van der Waals surface area contributed by atoms with Gasteiger partial charge in [0.25, 0.3) is 0 Å². The molecule has 0 saturated carbocycles. The van der Waals surface area contributed by atoms with Gasteiger partial charge < -0.3 is 5.32 Å². The van der Waals surface area contributed by atoms with Crippen LogP contribution in [0, 0.1) is 6.92 Å². The molecule has 0 bridgehead atoms. The molecule has 24 heavy (non-hydrogen) atoms. The van der Waals surface area contributed by atoms with E-state index in [2.05, 4.69) is 15.8 Å². The summed E-state index contributed by atoms with van der Waals surface area (Å²) in [7, 11) is 0. The highest BCUT2D eigenvalue weighted by atomic mass is 35.5. The third-order valence-electron chi connectivity index (χ3n) is 3.30. The lowest BCUT2D eigenvalue weighted by Gasteiger charge is -2.05. The fourth-order valence-corrected chi connectivity index (χ4v) is 2.13. The average Bonchev–Trinajstić information content (AvgIpc) is 2.58. The summed E-state index contributed by atoms with van der Waals surface area (Å²) in [5.41, 5.74) is 4.73. The van der Waals surface area contributed by atoms with Crippen LogP contribution in [0.1, 0.15) is 17.5 Å². The number of carbonyl (C=O) groups excluding carboxylic acids is 2. The number of carbonyl (C=O) groups is 2. The molecule has 0 radical (unpaired) electrons. The summed E-state index contributed by atoms with van der Waals surface area (Å²) >= 11 is 5.97. The minimum absolute atomic E-state index is 0.457. The Morgan fingerprint density at radius 2 is 1.88 bits per heavy atom. The van der Waals surface area contributed by atoms with Crippen molar-refractivity contribution in [1.29, 1.82) is 0 Å². The van der Waals surface area contributed by atoms with Gasteiger partial charge in [0, 0.05) is 16.9 Å². The predicted octanol–water partition coefficient (Wildman–Crippen LogP) is 3.32. The molecule has 0 atom stereocenters. The number of nitrogens with zero attached hydrogens (tertiary/aromatic N) is 1. The zero-order valence-electron chi connectivity index (χ0n) is 13.3. The highest BCUT2D eigenvalue weighted by molar-refractivity contribution is 6.39. The SMILES string of the molecule is Cc1ccc(NC(=O)C(=O)NN=CCCc2ccccc2)cc1Cl. The molecular weight excluding hydrogens is 326 g/mol. The summed E-state index contributed by atoms with van der Waals surface area (Å²) in [5.74, 6) is -1.63. The largest absolute Gasteiger partial charge is 0.329 e. The van der Waals surface area contributed by atoms with Gasteiger partial charge in [0.05, 0.1) is 0 Å². The Kier molecular flexibility index (Phi) is 6.51. The summed E-state index contributed by atoms with van der Waals surface area (Å²) in [6, 6.07) is 15.0. The molecule has 2 rings (SSSR count). The third-order valence-corrected chi connectivity index (χ3v) is 3.71.